The Labute approximate surface area is 132 Å². The molecule has 118 valence electrons. The van der Waals surface area contributed by atoms with Crippen molar-refractivity contribution in [2.24, 2.45) is 5.73 Å². The average molecular weight is 312 g/mol. The number of halogens is 1. The van der Waals surface area contributed by atoms with Crippen LogP contribution in [0.3, 0.4) is 0 Å². The standard InChI is InChI=1S/C17H26ClNO2/c1-4-16(19)17(13-5-7-14(18)8-6-13)21-15-9-11(2)20-12(3)10-15/h5-8,11-12,15-17H,4,9-10,19H2,1-3H3. The van der Waals surface area contributed by atoms with Gasteiger partial charge in [-0.1, -0.05) is 30.7 Å². The molecule has 1 saturated heterocycles. The van der Waals surface area contributed by atoms with Crippen LogP contribution in [0.15, 0.2) is 24.3 Å². The molecule has 1 aromatic rings. The number of nitrogens with two attached hydrogens (primary N) is 1. The summed E-state index contributed by atoms with van der Waals surface area (Å²) in [6.07, 6.45) is 3.30. The smallest absolute Gasteiger partial charge is 0.0979 e. The van der Waals surface area contributed by atoms with Crippen molar-refractivity contribution in [3.63, 3.8) is 0 Å². The number of benzene rings is 1. The van der Waals surface area contributed by atoms with Crippen molar-refractivity contribution in [2.45, 2.75) is 70.5 Å². The third-order valence-corrected chi connectivity index (χ3v) is 4.30. The molecule has 0 saturated carbocycles. The van der Waals surface area contributed by atoms with Crippen LogP contribution >= 0.6 is 11.6 Å². The molecular weight excluding hydrogens is 286 g/mol. The van der Waals surface area contributed by atoms with Gasteiger partial charge in [0.2, 0.25) is 0 Å². The molecule has 0 aliphatic carbocycles. The second-order valence-corrected chi connectivity index (χ2v) is 6.47. The molecule has 4 atom stereocenters. The number of rotatable bonds is 5. The highest BCUT2D eigenvalue weighted by Crippen LogP contribution is 2.30. The summed E-state index contributed by atoms with van der Waals surface area (Å²) < 4.78 is 12.1. The Morgan fingerprint density at radius 1 is 1.24 bits per heavy atom. The van der Waals surface area contributed by atoms with Gasteiger partial charge in [0, 0.05) is 11.1 Å². The Hall–Kier alpha value is -0.610. The zero-order chi connectivity index (χ0) is 15.4. The van der Waals surface area contributed by atoms with E-state index in [0.29, 0.717) is 0 Å². The summed E-state index contributed by atoms with van der Waals surface area (Å²) in [4.78, 5) is 0. The van der Waals surface area contributed by atoms with Crippen molar-refractivity contribution in [1.29, 1.82) is 0 Å². The van der Waals surface area contributed by atoms with Crippen molar-refractivity contribution in [2.75, 3.05) is 0 Å². The molecule has 1 fully saturated rings. The molecule has 2 N–H and O–H groups in total. The van der Waals surface area contributed by atoms with Crippen LogP contribution in [-0.2, 0) is 9.47 Å². The first-order chi connectivity index (χ1) is 9.99. The highest BCUT2D eigenvalue weighted by Gasteiger charge is 2.29. The van der Waals surface area contributed by atoms with E-state index in [1.165, 1.54) is 0 Å². The third kappa shape index (κ3) is 4.68. The van der Waals surface area contributed by atoms with Gasteiger partial charge in [0.05, 0.1) is 24.4 Å². The molecule has 0 bridgehead atoms. The highest BCUT2D eigenvalue weighted by molar-refractivity contribution is 6.30. The SMILES string of the molecule is CCC(N)C(OC1CC(C)OC(C)C1)c1ccc(Cl)cc1. The van der Waals surface area contributed by atoms with Crippen LogP contribution in [0.5, 0.6) is 0 Å². The molecule has 4 unspecified atom stereocenters. The van der Waals surface area contributed by atoms with Gasteiger partial charge in [-0.15, -0.1) is 0 Å². The average Bonchev–Trinajstić information content (AvgIpc) is 2.44. The van der Waals surface area contributed by atoms with Gasteiger partial charge in [-0.3, -0.25) is 0 Å². The molecule has 3 nitrogen and oxygen atoms in total. The predicted octanol–water partition coefficient (Wildman–Crippen LogP) is 4.09. The van der Waals surface area contributed by atoms with Crippen molar-refractivity contribution in [1.82, 2.24) is 0 Å². The summed E-state index contributed by atoms with van der Waals surface area (Å²) in [5.74, 6) is 0. The van der Waals surface area contributed by atoms with Crippen LogP contribution in [-0.4, -0.2) is 24.4 Å². The lowest BCUT2D eigenvalue weighted by Gasteiger charge is -2.36. The maximum atomic E-state index is 6.36. The molecule has 2 rings (SSSR count). The first-order valence-corrected chi connectivity index (χ1v) is 8.19. The monoisotopic (exact) mass is 311 g/mol. The van der Waals surface area contributed by atoms with Gasteiger partial charge in [0.15, 0.2) is 0 Å². The first kappa shape index (κ1) is 16.8. The Morgan fingerprint density at radius 3 is 2.33 bits per heavy atom. The topological polar surface area (TPSA) is 44.5 Å². The molecule has 0 amide bonds. The normalized spacial score (nSPS) is 29.1. The fourth-order valence-electron chi connectivity index (χ4n) is 2.96. The van der Waals surface area contributed by atoms with Gasteiger partial charge >= 0.3 is 0 Å². The lowest BCUT2D eigenvalue weighted by atomic mass is 9.98. The highest BCUT2D eigenvalue weighted by atomic mass is 35.5. The van der Waals surface area contributed by atoms with Gasteiger partial charge in [-0.25, -0.2) is 0 Å². The maximum Gasteiger partial charge on any atom is 0.0979 e. The quantitative estimate of drug-likeness (QED) is 0.890. The molecule has 0 aromatic heterocycles. The number of hydrogen-bond acceptors (Lipinski definition) is 3. The molecule has 4 heteroatoms. The van der Waals surface area contributed by atoms with Crippen LogP contribution in [0, 0.1) is 0 Å². The van der Waals surface area contributed by atoms with Crippen LogP contribution in [0.4, 0.5) is 0 Å². The largest absolute Gasteiger partial charge is 0.375 e. The third-order valence-electron chi connectivity index (χ3n) is 4.05. The van der Waals surface area contributed by atoms with Gasteiger partial charge in [-0.05, 0) is 50.8 Å². The summed E-state index contributed by atoms with van der Waals surface area (Å²) in [5.41, 5.74) is 7.38. The van der Waals surface area contributed by atoms with E-state index in [1.54, 1.807) is 0 Å². The summed E-state index contributed by atoms with van der Waals surface area (Å²) in [6, 6.07) is 7.79. The van der Waals surface area contributed by atoms with Crippen LogP contribution in [0.1, 0.15) is 51.7 Å². The fourth-order valence-corrected chi connectivity index (χ4v) is 3.08. The molecule has 1 aliphatic rings. The number of ether oxygens (including phenoxy) is 2. The second kappa shape index (κ2) is 7.59. The Kier molecular flexibility index (Phi) is 6.06. The summed E-state index contributed by atoms with van der Waals surface area (Å²) in [5, 5.41) is 0.732. The molecule has 1 aromatic carbocycles. The second-order valence-electron chi connectivity index (χ2n) is 6.03. The minimum absolute atomic E-state index is 0.0142. The molecule has 0 spiro atoms. The lowest BCUT2D eigenvalue weighted by Crippen LogP contribution is -2.38. The molecule has 1 aliphatic heterocycles. The Balaban J connectivity index is 2.11. The van der Waals surface area contributed by atoms with Crippen molar-refractivity contribution < 1.29 is 9.47 Å². The Morgan fingerprint density at radius 2 is 1.81 bits per heavy atom. The van der Waals surface area contributed by atoms with E-state index in [0.717, 1.165) is 29.8 Å². The van der Waals surface area contributed by atoms with Crippen LogP contribution < -0.4 is 5.73 Å². The van der Waals surface area contributed by atoms with Gasteiger partial charge in [-0.2, -0.15) is 0 Å². The maximum absolute atomic E-state index is 6.36. The van der Waals surface area contributed by atoms with Gasteiger partial charge in [0.1, 0.15) is 0 Å². The fraction of sp³-hybridized carbons (Fsp3) is 0.647. The zero-order valence-electron chi connectivity index (χ0n) is 13.1. The van der Waals surface area contributed by atoms with Crippen molar-refractivity contribution in [3.05, 3.63) is 34.9 Å². The number of hydrogen-bond donors (Lipinski definition) is 1. The van der Waals surface area contributed by atoms with Crippen LogP contribution in [0.25, 0.3) is 0 Å². The van der Waals surface area contributed by atoms with Gasteiger partial charge < -0.3 is 15.2 Å². The summed E-state index contributed by atoms with van der Waals surface area (Å²) in [6.45, 7) is 6.29. The van der Waals surface area contributed by atoms with Crippen molar-refractivity contribution >= 4 is 11.6 Å². The molecule has 21 heavy (non-hydrogen) atoms. The lowest BCUT2D eigenvalue weighted by molar-refractivity contribution is -0.127. The van der Waals surface area contributed by atoms with Crippen LogP contribution in [0.2, 0.25) is 5.02 Å². The van der Waals surface area contributed by atoms with E-state index in [2.05, 4.69) is 20.8 Å². The van der Waals surface area contributed by atoms with E-state index in [-0.39, 0.29) is 30.5 Å². The van der Waals surface area contributed by atoms with E-state index in [4.69, 9.17) is 26.8 Å². The van der Waals surface area contributed by atoms with E-state index >= 15 is 0 Å². The summed E-state index contributed by atoms with van der Waals surface area (Å²) >= 11 is 5.97. The minimum atomic E-state index is -0.0882. The van der Waals surface area contributed by atoms with Crippen molar-refractivity contribution in [3.8, 4) is 0 Å². The Bertz CT molecular complexity index is 427. The minimum Gasteiger partial charge on any atom is -0.375 e. The zero-order valence-corrected chi connectivity index (χ0v) is 13.8. The van der Waals surface area contributed by atoms with Gasteiger partial charge in [0.25, 0.3) is 0 Å². The van der Waals surface area contributed by atoms with E-state index < -0.39 is 0 Å². The summed E-state index contributed by atoms with van der Waals surface area (Å²) in [7, 11) is 0. The first-order valence-electron chi connectivity index (χ1n) is 7.81. The van der Waals surface area contributed by atoms with E-state index in [9.17, 15) is 0 Å². The molecular formula is C17H26ClNO2. The molecule has 0 radical (unpaired) electrons. The molecule has 1 heterocycles. The van der Waals surface area contributed by atoms with E-state index in [1.807, 2.05) is 24.3 Å². The predicted molar refractivity (Wildman–Crippen MR) is 86.6 cm³/mol.